The fourth-order valence-electron chi connectivity index (χ4n) is 1.31. The van der Waals surface area contributed by atoms with E-state index in [9.17, 15) is 14.4 Å². The van der Waals surface area contributed by atoms with Gasteiger partial charge in [0.05, 0.1) is 0 Å². The summed E-state index contributed by atoms with van der Waals surface area (Å²) < 4.78 is 10.8. The normalized spacial score (nSPS) is 9.73. The van der Waals surface area contributed by atoms with E-state index in [2.05, 4.69) is 31.5 Å². The van der Waals surface area contributed by atoms with E-state index in [0.717, 1.165) is 4.47 Å². The van der Waals surface area contributed by atoms with Crippen LogP contribution < -0.4 is 15.6 Å². The molecule has 7 nitrogen and oxygen atoms in total. The molecule has 1 aromatic carbocycles. The second-order valence-corrected chi connectivity index (χ2v) is 5.17. The van der Waals surface area contributed by atoms with Crippen LogP contribution in [0.25, 0.3) is 0 Å². The smallest absolute Gasteiger partial charge is 0.306 e. The van der Waals surface area contributed by atoms with Gasteiger partial charge in [-0.25, -0.2) is 0 Å². The Morgan fingerprint density at radius 1 is 1.05 bits per heavy atom. The summed E-state index contributed by atoms with van der Waals surface area (Å²) in [5.41, 5.74) is 4.28. The second kappa shape index (κ2) is 9.78. The third-order valence-corrected chi connectivity index (χ3v) is 2.87. The maximum absolute atomic E-state index is 11.5. The van der Waals surface area contributed by atoms with Crippen LogP contribution in [0, 0.1) is 0 Å². The molecule has 0 radical (unpaired) electrons. The van der Waals surface area contributed by atoms with Crippen molar-refractivity contribution >= 4 is 33.7 Å². The molecule has 2 amide bonds. The SMILES string of the molecule is CCCC(=O)OCC(=O)NNC(=O)COc1ccc(Br)cc1. The summed E-state index contributed by atoms with van der Waals surface area (Å²) in [6.45, 7) is 1.14. The molecule has 0 aliphatic rings. The quantitative estimate of drug-likeness (QED) is 0.556. The van der Waals surface area contributed by atoms with Crippen molar-refractivity contribution in [1.82, 2.24) is 10.9 Å². The molecule has 1 aromatic rings. The molecule has 0 aromatic heterocycles. The van der Waals surface area contributed by atoms with Crippen molar-refractivity contribution < 1.29 is 23.9 Å². The van der Waals surface area contributed by atoms with Crippen LogP contribution in [0.2, 0.25) is 0 Å². The number of hydrogen-bond donors (Lipinski definition) is 2. The maximum atomic E-state index is 11.5. The summed E-state index contributed by atoms with van der Waals surface area (Å²) in [5, 5.41) is 0. The number of hydrogen-bond acceptors (Lipinski definition) is 5. The molecule has 0 bridgehead atoms. The molecule has 0 unspecified atom stereocenters. The Hall–Kier alpha value is -2.09. The van der Waals surface area contributed by atoms with Gasteiger partial charge in [0.1, 0.15) is 5.75 Å². The summed E-state index contributed by atoms with van der Waals surface area (Å²) in [6.07, 6.45) is 0.894. The van der Waals surface area contributed by atoms with Crippen molar-refractivity contribution in [3.63, 3.8) is 0 Å². The molecule has 2 N–H and O–H groups in total. The van der Waals surface area contributed by atoms with Crippen LogP contribution >= 0.6 is 15.9 Å². The average molecular weight is 373 g/mol. The van der Waals surface area contributed by atoms with E-state index < -0.39 is 24.4 Å². The lowest BCUT2D eigenvalue weighted by molar-refractivity contribution is -0.149. The minimum Gasteiger partial charge on any atom is -0.484 e. The number of esters is 1. The van der Waals surface area contributed by atoms with E-state index in [1.165, 1.54) is 0 Å². The number of benzene rings is 1. The van der Waals surface area contributed by atoms with Gasteiger partial charge in [0.15, 0.2) is 13.2 Å². The molecule has 22 heavy (non-hydrogen) atoms. The van der Waals surface area contributed by atoms with E-state index in [0.29, 0.717) is 12.2 Å². The number of ether oxygens (including phenoxy) is 2. The van der Waals surface area contributed by atoms with Gasteiger partial charge < -0.3 is 9.47 Å². The van der Waals surface area contributed by atoms with Crippen LogP contribution in [-0.2, 0) is 19.1 Å². The topological polar surface area (TPSA) is 93.7 Å². The van der Waals surface area contributed by atoms with Gasteiger partial charge in [0, 0.05) is 10.9 Å². The summed E-state index contributed by atoms with van der Waals surface area (Å²) in [6, 6.07) is 6.95. The van der Waals surface area contributed by atoms with Gasteiger partial charge in [0.25, 0.3) is 11.8 Å². The summed E-state index contributed by atoms with van der Waals surface area (Å²) in [5.74, 6) is -1.08. The van der Waals surface area contributed by atoms with E-state index in [1.54, 1.807) is 24.3 Å². The highest BCUT2D eigenvalue weighted by molar-refractivity contribution is 9.10. The lowest BCUT2D eigenvalue weighted by atomic mass is 10.3. The van der Waals surface area contributed by atoms with Crippen LogP contribution in [0.5, 0.6) is 5.75 Å². The fraction of sp³-hybridized carbons (Fsp3) is 0.357. The van der Waals surface area contributed by atoms with Crippen LogP contribution in [0.3, 0.4) is 0 Å². The highest BCUT2D eigenvalue weighted by Gasteiger charge is 2.08. The van der Waals surface area contributed by atoms with Gasteiger partial charge in [-0.15, -0.1) is 0 Å². The Balaban J connectivity index is 2.18. The molecule has 0 fully saturated rings. The molecule has 0 saturated carbocycles. The van der Waals surface area contributed by atoms with Gasteiger partial charge in [-0.05, 0) is 30.7 Å². The molecule has 0 aliphatic carbocycles. The number of hydrazine groups is 1. The number of carbonyl (C=O) groups is 3. The van der Waals surface area contributed by atoms with Gasteiger partial charge in [-0.2, -0.15) is 0 Å². The Kier molecular flexibility index (Phi) is 7.98. The molecular formula is C14H17BrN2O5. The predicted octanol–water partition coefficient (Wildman–Crippen LogP) is 1.32. The first-order valence-electron chi connectivity index (χ1n) is 6.63. The van der Waals surface area contributed by atoms with Crippen molar-refractivity contribution in [2.45, 2.75) is 19.8 Å². The van der Waals surface area contributed by atoms with Crippen LogP contribution in [0.1, 0.15) is 19.8 Å². The van der Waals surface area contributed by atoms with E-state index >= 15 is 0 Å². The zero-order valence-electron chi connectivity index (χ0n) is 12.1. The second-order valence-electron chi connectivity index (χ2n) is 4.25. The molecule has 1 rings (SSSR count). The number of nitrogens with one attached hydrogen (secondary N) is 2. The third kappa shape index (κ3) is 7.63. The van der Waals surface area contributed by atoms with Gasteiger partial charge in [-0.3, -0.25) is 25.2 Å². The molecular weight excluding hydrogens is 356 g/mol. The first kappa shape index (κ1) is 18.0. The largest absolute Gasteiger partial charge is 0.484 e. The Morgan fingerprint density at radius 2 is 1.64 bits per heavy atom. The number of amides is 2. The monoisotopic (exact) mass is 372 g/mol. The highest BCUT2D eigenvalue weighted by Crippen LogP contribution is 2.15. The molecule has 0 atom stereocenters. The zero-order chi connectivity index (χ0) is 16.4. The number of rotatable bonds is 7. The van der Waals surface area contributed by atoms with Crippen molar-refractivity contribution in [3.05, 3.63) is 28.7 Å². The first-order chi connectivity index (χ1) is 10.5. The summed E-state index contributed by atoms with van der Waals surface area (Å²) >= 11 is 3.28. The van der Waals surface area contributed by atoms with E-state index in [-0.39, 0.29) is 13.0 Å². The highest BCUT2D eigenvalue weighted by atomic mass is 79.9. The van der Waals surface area contributed by atoms with Gasteiger partial charge in [-0.1, -0.05) is 22.9 Å². The minimum absolute atomic E-state index is 0.251. The first-order valence-corrected chi connectivity index (χ1v) is 7.42. The summed E-state index contributed by atoms with van der Waals surface area (Å²) in [7, 11) is 0. The van der Waals surface area contributed by atoms with Crippen LogP contribution in [0.15, 0.2) is 28.7 Å². The molecule has 0 spiro atoms. The van der Waals surface area contributed by atoms with Crippen molar-refractivity contribution in [1.29, 1.82) is 0 Å². The van der Waals surface area contributed by atoms with Crippen molar-refractivity contribution in [3.8, 4) is 5.75 Å². The van der Waals surface area contributed by atoms with Crippen LogP contribution in [0.4, 0.5) is 0 Å². The maximum Gasteiger partial charge on any atom is 0.306 e. The average Bonchev–Trinajstić information content (AvgIpc) is 2.50. The fourth-order valence-corrected chi connectivity index (χ4v) is 1.58. The zero-order valence-corrected chi connectivity index (χ0v) is 13.6. The lowest BCUT2D eigenvalue weighted by Gasteiger charge is -2.09. The molecule has 120 valence electrons. The van der Waals surface area contributed by atoms with E-state index in [1.807, 2.05) is 6.92 Å². The Morgan fingerprint density at radius 3 is 2.23 bits per heavy atom. The summed E-state index contributed by atoms with van der Waals surface area (Å²) in [4.78, 5) is 33.8. The predicted molar refractivity (Wildman–Crippen MR) is 81.8 cm³/mol. The molecule has 0 heterocycles. The van der Waals surface area contributed by atoms with Gasteiger partial charge >= 0.3 is 5.97 Å². The van der Waals surface area contributed by atoms with Crippen molar-refractivity contribution in [2.24, 2.45) is 0 Å². The molecule has 0 aliphatic heterocycles. The van der Waals surface area contributed by atoms with Crippen molar-refractivity contribution in [2.75, 3.05) is 13.2 Å². The number of carbonyl (C=O) groups excluding carboxylic acids is 3. The standard InChI is InChI=1S/C14H17BrN2O5/c1-2-3-14(20)22-9-13(19)17-16-12(18)8-21-11-6-4-10(15)5-7-11/h4-7H,2-3,8-9H2,1H3,(H,16,18)(H,17,19). The lowest BCUT2D eigenvalue weighted by Crippen LogP contribution is -2.45. The minimum atomic E-state index is -0.624. The molecule has 0 saturated heterocycles. The third-order valence-electron chi connectivity index (χ3n) is 2.34. The Bertz CT molecular complexity index is 518. The van der Waals surface area contributed by atoms with Crippen LogP contribution in [-0.4, -0.2) is 31.0 Å². The Labute approximate surface area is 136 Å². The molecule has 8 heteroatoms. The van der Waals surface area contributed by atoms with Gasteiger partial charge in [0.2, 0.25) is 0 Å². The van der Waals surface area contributed by atoms with E-state index in [4.69, 9.17) is 4.74 Å². The number of halogens is 1.